The fourth-order valence-corrected chi connectivity index (χ4v) is 4.32. The lowest BCUT2D eigenvalue weighted by atomic mass is 10.1. The molecular formula is C28H22O11. The van der Waals surface area contributed by atoms with E-state index >= 15 is 0 Å². The number of hydrogen-bond acceptors (Lipinski definition) is 11. The van der Waals surface area contributed by atoms with Crippen molar-refractivity contribution in [3.63, 3.8) is 0 Å². The lowest BCUT2D eigenvalue weighted by Crippen LogP contribution is -2.08. The lowest BCUT2D eigenvalue weighted by Gasteiger charge is -2.09. The number of aryl methyl sites for hydroxylation is 2. The first kappa shape index (κ1) is 25.5. The van der Waals surface area contributed by atoms with E-state index in [-0.39, 0.29) is 73.6 Å². The Hall–Kier alpha value is -5.19. The standard InChI is InChI=1S/C15H12O6.C13H10O5/c1-7(16)6-20-15-13-9(3-4-19-13)12(18)11-10(17)5-8(2)21-14(11)15;1-6-5-8(14)9-11(16-2)7-3-4-17-12(7)10(15)13(9)18-6/h3-5,18H,6H2,1-2H3;3-5,15H,1-2H3. The number of hydrogen-bond donors (Lipinski definition) is 2. The highest BCUT2D eigenvalue weighted by Gasteiger charge is 2.23. The van der Waals surface area contributed by atoms with Gasteiger partial charge in [-0.05, 0) is 32.9 Å². The summed E-state index contributed by atoms with van der Waals surface area (Å²) in [6.45, 7) is 4.44. The van der Waals surface area contributed by atoms with Gasteiger partial charge in [0.15, 0.2) is 39.0 Å². The van der Waals surface area contributed by atoms with Gasteiger partial charge in [0.05, 0.1) is 30.4 Å². The fourth-order valence-electron chi connectivity index (χ4n) is 4.32. The molecule has 0 radical (unpaired) electrons. The molecule has 0 aliphatic carbocycles. The topological polar surface area (TPSA) is 163 Å². The molecule has 0 spiro atoms. The largest absolute Gasteiger partial charge is 0.506 e. The van der Waals surface area contributed by atoms with E-state index in [4.69, 9.17) is 27.1 Å². The van der Waals surface area contributed by atoms with E-state index in [1.807, 2.05) is 0 Å². The Labute approximate surface area is 218 Å². The summed E-state index contributed by atoms with van der Waals surface area (Å²) in [4.78, 5) is 35.2. The molecule has 0 bridgehead atoms. The van der Waals surface area contributed by atoms with Crippen LogP contribution in [-0.4, -0.2) is 29.7 Å². The summed E-state index contributed by atoms with van der Waals surface area (Å²) >= 11 is 0. The van der Waals surface area contributed by atoms with Gasteiger partial charge in [0.25, 0.3) is 0 Å². The van der Waals surface area contributed by atoms with Crippen LogP contribution in [0.1, 0.15) is 18.4 Å². The summed E-state index contributed by atoms with van der Waals surface area (Å²) in [6, 6.07) is 5.79. The smallest absolute Gasteiger partial charge is 0.207 e. The maximum atomic E-state index is 12.1. The third kappa shape index (κ3) is 4.23. The molecule has 11 nitrogen and oxygen atoms in total. The molecule has 0 saturated heterocycles. The number of carbonyl (C=O) groups is 1. The minimum absolute atomic E-state index is 0.00746. The van der Waals surface area contributed by atoms with Gasteiger partial charge in [0.2, 0.25) is 11.5 Å². The van der Waals surface area contributed by atoms with Gasteiger partial charge >= 0.3 is 0 Å². The summed E-state index contributed by atoms with van der Waals surface area (Å²) in [5.74, 6) is 0.663. The Morgan fingerprint density at radius 3 is 2.03 bits per heavy atom. The molecular weight excluding hydrogens is 512 g/mol. The molecule has 0 saturated carbocycles. The van der Waals surface area contributed by atoms with Crippen molar-refractivity contribution in [3.8, 4) is 23.0 Å². The fraction of sp³-hybridized carbons (Fsp3) is 0.179. The first-order valence-corrected chi connectivity index (χ1v) is 11.6. The van der Waals surface area contributed by atoms with Gasteiger partial charge in [-0.1, -0.05) is 0 Å². The summed E-state index contributed by atoms with van der Waals surface area (Å²) < 4.78 is 32.1. The zero-order chi connectivity index (χ0) is 28.0. The number of benzene rings is 2. The molecule has 2 aromatic carbocycles. The Balaban J connectivity index is 0.000000160. The number of ketones is 1. The van der Waals surface area contributed by atoms with Crippen LogP contribution in [0.4, 0.5) is 0 Å². The minimum atomic E-state index is -0.387. The second-order valence-electron chi connectivity index (χ2n) is 8.73. The van der Waals surface area contributed by atoms with Crippen LogP contribution in [0.15, 0.2) is 64.0 Å². The van der Waals surface area contributed by atoms with Gasteiger partial charge < -0.3 is 37.4 Å². The van der Waals surface area contributed by atoms with E-state index in [0.29, 0.717) is 28.0 Å². The van der Waals surface area contributed by atoms with Crippen LogP contribution in [0.3, 0.4) is 0 Å². The molecule has 6 rings (SSSR count). The molecule has 0 fully saturated rings. The van der Waals surface area contributed by atoms with Crippen molar-refractivity contribution >= 4 is 49.7 Å². The molecule has 0 amide bonds. The third-order valence-electron chi connectivity index (χ3n) is 5.90. The van der Waals surface area contributed by atoms with E-state index in [1.54, 1.807) is 19.9 Å². The maximum absolute atomic E-state index is 12.1. The minimum Gasteiger partial charge on any atom is -0.506 e. The maximum Gasteiger partial charge on any atom is 0.207 e. The second kappa shape index (κ2) is 9.60. The number of Topliss-reactive ketones (excluding diaryl/α,β-unsaturated/α-hetero) is 1. The van der Waals surface area contributed by atoms with E-state index in [1.165, 1.54) is 44.8 Å². The van der Waals surface area contributed by atoms with Crippen molar-refractivity contribution in [3.05, 3.63) is 68.8 Å². The molecule has 4 aromatic heterocycles. The average molecular weight is 534 g/mol. The SMILES string of the molecule is CC(=O)COc1c2occc2c(O)c2c(=O)cc(C)oc12.COc1c2ccoc2c(O)c2oc(C)cc(=O)c12. The van der Waals surface area contributed by atoms with Crippen LogP contribution in [0, 0.1) is 13.8 Å². The van der Waals surface area contributed by atoms with Crippen LogP contribution in [0.2, 0.25) is 0 Å². The number of aromatic hydroxyl groups is 2. The molecule has 39 heavy (non-hydrogen) atoms. The van der Waals surface area contributed by atoms with Crippen LogP contribution >= 0.6 is 0 Å². The number of fused-ring (bicyclic) bond motifs is 4. The predicted molar refractivity (Wildman–Crippen MR) is 140 cm³/mol. The number of carbonyl (C=O) groups excluding carboxylic acids is 1. The highest BCUT2D eigenvalue weighted by molar-refractivity contribution is 6.07. The molecule has 200 valence electrons. The molecule has 2 N–H and O–H groups in total. The lowest BCUT2D eigenvalue weighted by molar-refractivity contribution is -0.118. The zero-order valence-electron chi connectivity index (χ0n) is 21.2. The quantitative estimate of drug-likeness (QED) is 0.310. The van der Waals surface area contributed by atoms with Crippen LogP contribution in [0.25, 0.3) is 43.9 Å². The first-order chi connectivity index (χ1) is 18.6. The average Bonchev–Trinajstić information content (AvgIpc) is 3.55. The van der Waals surface area contributed by atoms with Gasteiger partial charge in [-0.15, -0.1) is 0 Å². The van der Waals surface area contributed by atoms with Crippen molar-refractivity contribution in [1.82, 2.24) is 0 Å². The molecule has 0 atom stereocenters. The summed E-state index contributed by atoms with van der Waals surface area (Å²) in [5, 5.41) is 21.4. The van der Waals surface area contributed by atoms with Gasteiger partial charge in [0, 0.05) is 12.1 Å². The summed E-state index contributed by atoms with van der Waals surface area (Å²) in [6.07, 6.45) is 2.78. The van der Waals surface area contributed by atoms with Gasteiger partial charge in [-0.3, -0.25) is 14.4 Å². The molecule has 4 heterocycles. The predicted octanol–water partition coefficient (Wildman–Crippen LogP) is 5.08. The summed E-state index contributed by atoms with van der Waals surface area (Å²) in [5.41, 5.74) is -0.0189. The third-order valence-corrected chi connectivity index (χ3v) is 5.90. The molecule has 11 heteroatoms. The van der Waals surface area contributed by atoms with Gasteiger partial charge in [-0.2, -0.15) is 0 Å². The van der Waals surface area contributed by atoms with E-state index < -0.39 is 0 Å². The van der Waals surface area contributed by atoms with E-state index in [2.05, 4.69) is 0 Å². The van der Waals surface area contributed by atoms with Crippen LogP contribution in [-0.2, 0) is 4.79 Å². The van der Waals surface area contributed by atoms with Crippen molar-refractivity contribution < 1.29 is 42.1 Å². The van der Waals surface area contributed by atoms with Crippen LogP contribution < -0.4 is 20.3 Å². The van der Waals surface area contributed by atoms with E-state index in [0.717, 1.165) is 0 Å². The molecule has 6 aromatic rings. The summed E-state index contributed by atoms with van der Waals surface area (Å²) in [7, 11) is 1.46. The van der Waals surface area contributed by atoms with Gasteiger partial charge in [-0.25, -0.2) is 0 Å². The van der Waals surface area contributed by atoms with Crippen molar-refractivity contribution in [2.75, 3.05) is 13.7 Å². The molecule has 0 aliphatic rings. The monoisotopic (exact) mass is 534 g/mol. The first-order valence-electron chi connectivity index (χ1n) is 11.6. The Kier molecular flexibility index (Phi) is 6.27. The Bertz CT molecular complexity index is 2020. The Morgan fingerprint density at radius 1 is 0.795 bits per heavy atom. The van der Waals surface area contributed by atoms with Crippen LogP contribution in [0.5, 0.6) is 23.0 Å². The number of phenolic OH excluding ortho intramolecular Hbond substituents is 2. The van der Waals surface area contributed by atoms with Crippen molar-refractivity contribution in [2.45, 2.75) is 20.8 Å². The number of furan rings is 2. The Morgan fingerprint density at radius 2 is 1.38 bits per heavy atom. The number of rotatable bonds is 4. The molecule has 0 aliphatic heterocycles. The van der Waals surface area contributed by atoms with Gasteiger partial charge in [0.1, 0.15) is 40.4 Å². The van der Waals surface area contributed by atoms with E-state index in [9.17, 15) is 24.6 Å². The molecule has 0 unspecified atom stereocenters. The highest BCUT2D eigenvalue weighted by atomic mass is 16.5. The van der Waals surface area contributed by atoms with Crippen molar-refractivity contribution in [2.24, 2.45) is 0 Å². The van der Waals surface area contributed by atoms with Crippen molar-refractivity contribution in [1.29, 1.82) is 0 Å². The number of ether oxygens (including phenoxy) is 2. The highest BCUT2D eigenvalue weighted by Crippen LogP contribution is 2.42. The second-order valence-corrected chi connectivity index (χ2v) is 8.73. The normalized spacial score (nSPS) is 11.2. The number of phenols is 2. The zero-order valence-corrected chi connectivity index (χ0v) is 21.2. The number of methoxy groups -OCH3 is 1.